The summed E-state index contributed by atoms with van der Waals surface area (Å²) in [7, 11) is 0. The van der Waals surface area contributed by atoms with Gasteiger partial charge in [-0.15, -0.1) is 0 Å². The van der Waals surface area contributed by atoms with Crippen LogP contribution in [0.5, 0.6) is 11.5 Å². The van der Waals surface area contributed by atoms with Crippen LogP contribution in [0.15, 0.2) is 41.0 Å². The molecule has 0 bridgehead atoms. The van der Waals surface area contributed by atoms with Crippen molar-refractivity contribution in [2.24, 2.45) is 0 Å². The minimum atomic E-state index is -4.41. The number of anilines is 1. The van der Waals surface area contributed by atoms with Gasteiger partial charge in [0.2, 0.25) is 0 Å². The molecule has 0 fully saturated rings. The van der Waals surface area contributed by atoms with Gasteiger partial charge in [0.05, 0.1) is 22.2 Å². The summed E-state index contributed by atoms with van der Waals surface area (Å²) in [6, 6.07) is 5.32. The second-order valence-corrected chi connectivity index (χ2v) is 7.40. The fourth-order valence-electron chi connectivity index (χ4n) is 2.09. The number of nitrogens with one attached hydrogen (secondary N) is 1. The molecular weight excluding hydrogens is 475 g/mol. The van der Waals surface area contributed by atoms with Crippen molar-refractivity contribution in [3.63, 3.8) is 0 Å². The Labute approximate surface area is 185 Å². The Morgan fingerprint density at radius 1 is 1.10 bits per heavy atom. The summed E-state index contributed by atoms with van der Waals surface area (Å²) in [5.74, 6) is 1.06. The van der Waals surface area contributed by atoms with E-state index in [1.165, 1.54) is 12.1 Å². The molecule has 2 rings (SSSR count). The van der Waals surface area contributed by atoms with Crippen LogP contribution in [0.3, 0.4) is 0 Å². The van der Waals surface area contributed by atoms with Crippen molar-refractivity contribution in [2.75, 3.05) is 25.1 Å². The lowest BCUT2D eigenvalue weighted by Crippen LogP contribution is -2.10. The molecule has 0 aliphatic carbocycles. The highest BCUT2D eigenvalue weighted by Crippen LogP contribution is 2.37. The van der Waals surface area contributed by atoms with E-state index in [9.17, 15) is 13.2 Å². The lowest BCUT2D eigenvalue weighted by molar-refractivity contribution is -0.137. The molecule has 4 nitrogen and oxygen atoms in total. The maximum Gasteiger partial charge on any atom is 0.417 e. The number of halogens is 7. The monoisotopic (exact) mass is 488 g/mol. The third-order valence-electron chi connectivity index (χ3n) is 3.42. The van der Waals surface area contributed by atoms with E-state index in [1.54, 1.807) is 12.1 Å². The van der Waals surface area contributed by atoms with Gasteiger partial charge < -0.3 is 14.8 Å². The average Bonchev–Trinajstić information content (AvgIpc) is 2.62. The Kier molecular flexibility index (Phi) is 9.02. The first-order valence-electron chi connectivity index (χ1n) is 8.19. The summed E-state index contributed by atoms with van der Waals surface area (Å²) in [6.45, 7) is 0.858. The second kappa shape index (κ2) is 11.0. The highest BCUT2D eigenvalue weighted by atomic mass is 35.5. The quantitative estimate of drug-likeness (QED) is 0.385. The molecule has 0 saturated carbocycles. The van der Waals surface area contributed by atoms with Crippen LogP contribution in [-0.2, 0) is 6.18 Å². The van der Waals surface area contributed by atoms with Gasteiger partial charge in [-0.05, 0) is 24.6 Å². The summed E-state index contributed by atoms with van der Waals surface area (Å²) in [5.41, 5.74) is -0.801. The Morgan fingerprint density at radius 2 is 1.79 bits per heavy atom. The first-order chi connectivity index (χ1) is 13.7. The van der Waals surface area contributed by atoms with E-state index in [0.29, 0.717) is 30.3 Å². The summed E-state index contributed by atoms with van der Waals surface area (Å²) in [4.78, 5) is 3.73. The number of hydrogen-bond donors (Lipinski definition) is 1. The van der Waals surface area contributed by atoms with Crippen LogP contribution in [0.4, 0.5) is 19.0 Å². The summed E-state index contributed by atoms with van der Waals surface area (Å²) in [5, 5.41) is 3.45. The molecule has 1 heterocycles. The molecule has 0 radical (unpaired) electrons. The van der Waals surface area contributed by atoms with Gasteiger partial charge in [0.25, 0.3) is 0 Å². The van der Waals surface area contributed by atoms with E-state index in [2.05, 4.69) is 10.3 Å². The molecule has 1 N–H and O–H groups in total. The van der Waals surface area contributed by atoms with Gasteiger partial charge in [-0.1, -0.05) is 46.4 Å². The van der Waals surface area contributed by atoms with Crippen LogP contribution in [0.1, 0.15) is 12.0 Å². The molecule has 11 heteroatoms. The zero-order valence-electron chi connectivity index (χ0n) is 14.7. The Hall–Kier alpha value is -1.54. The number of aromatic nitrogens is 1. The first-order valence-corrected chi connectivity index (χ1v) is 9.71. The number of benzene rings is 1. The highest BCUT2D eigenvalue weighted by molar-refractivity contribution is 6.55. The van der Waals surface area contributed by atoms with Crippen LogP contribution in [0.25, 0.3) is 0 Å². The standard InChI is InChI=1S/C18H15Cl4F3N2O2/c19-13-8-12(28-7-4-15(21)22)9-14(20)17(13)29-6-1-5-26-16-3-2-11(10-27-16)18(23,24)25/h2-4,8-10H,1,5-7H2,(H,26,27). The van der Waals surface area contributed by atoms with Gasteiger partial charge >= 0.3 is 6.18 Å². The number of ether oxygens (including phenoxy) is 2. The van der Waals surface area contributed by atoms with Crippen LogP contribution in [-0.4, -0.2) is 24.7 Å². The van der Waals surface area contributed by atoms with Crippen LogP contribution >= 0.6 is 46.4 Å². The zero-order chi connectivity index (χ0) is 21.4. The number of hydrogen-bond acceptors (Lipinski definition) is 4. The molecule has 2 aromatic rings. The zero-order valence-corrected chi connectivity index (χ0v) is 17.7. The third-order valence-corrected chi connectivity index (χ3v) is 4.29. The Morgan fingerprint density at radius 3 is 2.34 bits per heavy atom. The van der Waals surface area contributed by atoms with Gasteiger partial charge in [0.1, 0.15) is 22.7 Å². The molecule has 0 aliphatic heterocycles. The maximum absolute atomic E-state index is 12.5. The van der Waals surface area contributed by atoms with Crippen molar-refractivity contribution >= 4 is 52.2 Å². The minimum absolute atomic E-state index is 0.0854. The van der Waals surface area contributed by atoms with E-state index in [-0.39, 0.29) is 27.8 Å². The molecule has 0 saturated heterocycles. The molecule has 0 atom stereocenters. The molecule has 29 heavy (non-hydrogen) atoms. The van der Waals surface area contributed by atoms with Crippen molar-refractivity contribution in [3.05, 3.63) is 56.6 Å². The average molecular weight is 490 g/mol. The smallest absolute Gasteiger partial charge is 0.417 e. The van der Waals surface area contributed by atoms with Gasteiger partial charge in [-0.25, -0.2) is 4.98 Å². The SMILES string of the molecule is FC(F)(F)c1ccc(NCCCOc2c(Cl)cc(OCC=C(Cl)Cl)cc2Cl)nc1. The topological polar surface area (TPSA) is 43.4 Å². The third kappa shape index (κ3) is 8.01. The van der Waals surface area contributed by atoms with Crippen molar-refractivity contribution in [2.45, 2.75) is 12.6 Å². The molecule has 1 aromatic carbocycles. The largest absolute Gasteiger partial charge is 0.490 e. The van der Waals surface area contributed by atoms with Crippen LogP contribution < -0.4 is 14.8 Å². The number of rotatable bonds is 9. The second-order valence-electron chi connectivity index (χ2n) is 5.58. The van der Waals surface area contributed by atoms with Crippen LogP contribution in [0.2, 0.25) is 10.0 Å². The van der Waals surface area contributed by atoms with Gasteiger partial charge in [0.15, 0.2) is 5.75 Å². The summed E-state index contributed by atoms with van der Waals surface area (Å²) in [6.07, 6.45) is -1.63. The van der Waals surface area contributed by atoms with E-state index in [0.717, 1.165) is 12.3 Å². The number of pyridine rings is 1. The number of nitrogens with zero attached hydrogens (tertiary/aromatic N) is 1. The molecular formula is C18H15Cl4F3N2O2. The number of alkyl halides is 3. The van der Waals surface area contributed by atoms with Gasteiger partial charge in [0, 0.05) is 24.9 Å². The maximum atomic E-state index is 12.5. The fourth-order valence-corrected chi connectivity index (χ4v) is 2.79. The van der Waals surface area contributed by atoms with Gasteiger partial charge in [-0.3, -0.25) is 0 Å². The molecule has 0 amide bonds. The summed E-state index contributed by atoms with van der Waals surface area (Å²) < 4.78 is 48.6. The van der Waals surface area contributed by atoms with E-state index in [4.69, 9.17) is 55.9 Å². The molecule has 158 valence electrons. The Bertz CT molecular complexity index is 819. The molecule has 0 aliphatic rings. The molecule has 1 aromatic heterocycles. The highest BCUT2D eigenvalue weighted by Gasteiger charge is 2.30. The normalized spacial score (nSPS) is 11.1. The lowest BCUT2D eigenvalue weighted by Gasteiger charge is -2.13. The Balaban J connectivity index is 1.79. The van der Waals surface area contributed by atoms with Crippen molar-refractivity contribution in [1.82, 2.24) is 4.98 Å². The van der Waals surface area contributed by atoms with Crippen molar-refractivity contribution in [1.29, 1.82) is 0 Å². The molecule has 0 spiro atoms. The minimum Gasteiger partial charge on any atom is -0.490 e. The predicted octanol–water partition coefficient (Wildman–Crippen LogP) is 6.99. The molecule has 0 unspecified atom stereocenters. The van der Waals surface area contributed by atoms with Gasteiger partial charge in [-0.2, -0.15) is 13.2 Å². The lowest BCUT2D eigenvalue weighted by atomic mass is 10.3. The van der Waals surface area contributed by atoms with E-state index >= 15 is 0 Å². The summed E-state index contributed by atoms with van der Waals surface area (Å²) >= 11 is 23.3. The first kappa shape index (κ1) is 23.7. The van der Waals surface area contributed by atoms with E-state index in [1.807, 2.05) is 0 Å². The predicted molar refractivity (Wildman–Crippen MR) is 110 cm³/mol. The fraction of sp³-hybridized carbons (Fsp3) is 0.278. The van der Waals surface area contributed by atoms with Crippen molar-refractivity contribution < 1.29 is 22.6 Å². The van der Waals surface area contributed by atoms with E-state index < -0.39 is 11.7 Å². The van der Waals surface area contributed by atoms with Crippen molar-refractivity contribution in [3.8, 4) is 11.5 Å². The van der Waals surface area contributed by atoms with Crippen LogP contribution in [0, 0.1) is 0 Å².